The topological polar surface area (TPSA) is 251 Å². The van der Waals surface area contributed by atoms with E-state index in [1.54, 1.807) is 0 Å². The largest absolute Gasteiger partial charge is 0.481 e. The molecule has 0 saturated heterocycles. The Balaban J connectivity index is 5.24. The smallest absolute Gasteiger partial charge is 0.328 e. The van der Waals surface area contributed by atoms with Gasteiger partial charge >= 0.3 is 11.9 Å². The van der Waals surface area contributed by atoms with Gasteiger partial charge in [0.1, 0.15) is 12.1 Å². The van der Waals surface area contributed by atoms with Gasteiger partial charge in [0.15, 0.2) is 6.04 Å². The van der Waals surface area contributed by atoms with Crippen LogP contribution >= 0.6 is 12.6 Å². The fourth-order valence-electron chi connectivity index (χ4n) is 2.21. The van der Waals surface area contributed by atoms with E-state index < -0.39 is 78.7 Å². The number of aliphatic carboxylic acids is 2. The predicted molar refractivity (Wildman–Crippen MR) is 108 cm³/mol. The first-order valence-electron chi connectivity index (χ1n) is 8.98. The molecule has 0 fully saturated rings. The van der Waals surface area contributed by atoms with E-state index in [0.29, 0.717) is 0 Å². The second-order valence-corrected chi connectivity index (χ2v) is 6.94. The summed E-state index contributed by atoms with van der Waals surface area (Å²) in [5.74, 6) is -6.88. The zero-order valence-corrected chi connectivity index (χ0v) is 17.5. The van der Waals surface area contributed by atoms with Gasteiger partial charge in [0.25, 0.3) is 0 Å². The fourth-order valence-corrected chi connectivity index (χ4v) is 2.47. The molecule has 0 aromatic carbocycles. The molecule has 0 aliphatic carbocycles. The molecule has 0 bridgehead atoms. The molecule has 15 heteroatoms. The molecule has 0 spiro atoms. The molecule has 10 N–H and O–H groups in total. The lowest BCUT2D eigenvalue weighted by Crippen LogP contribution is -2.59. The highest BCUT2D eigenvalue weighted by Gasteiger charge is 2.31. The molecule has 0 aliphatic rings. The summed E-state index contributed by atoms with van der Waals surface area (Å²) in [6.45, 7) is 1.14. The third kappa shape index (κ3) is 10.6. The number of aliphatic hydroxyl groups excluding tert-OH is 1. The van der Waals surface area contributed by atoms with E-state index in [9.17, 15) is 33.9 Å². The predicted octanol–water partition coefficient (Wildman–Crippen LogP) is -4.10. The maximum Gasteiger partial charge on any atom is 0.328 e. The molecule has 14 nitrogen and oxygen atoms in total. The van der Waals surface area contributed by atoms with Crippen molar-refractivity contribution in [3.8, 4) is 0 Å². The number of rotatable bonds is 14. The summed E-state index contributed by atoms with van der Waals surface area (Å²) in [6.07, 6.45) is -2.73. The van der Waals surface area contributed by atoms with Crippen LogP contribution in [0.1, 0.15) is 26.2 Å². The first-order chi connectivity index (χ1) is 14.3. The van der Waals surface area contributed by atoms with Crippen LogP contribution < -0.4 is 27.4 Å². The summed E-state index contributed by atoms with van der Waals surface area (Å²) in [7, 11) is 0. The molecule has 0 radical (unpaired) electrons. The van der Waals surface area contributed by atoms with Gasteiger partial charge in [0.2, 0.25) is 23.6 Å². The average molecular weight is 465 g/mol. The van der Waals surface area contributed by atoms with E-state index in [-0.39, 0.29) is 12.2 Å². The minimum absolute atomic E-state index is 0.232. The summed E-state index contributed by atoms with van der Waals surface area (Å²) in [5, 5.41) is 33.5. The number of nitrogens with two attached hydrogens (primary N) is 2. The number of thiol groups is 1. The van der Waals surface area contributed by atoms with Gasteiger partial charge in [-0.05, 0) is 13.3 Å². The molecule has 0 aromatic heterocycles. The summed E-state index contributed by atoms with van der Waals surface area (Å²) in [6, 6.07) is -5.86. The molecule has 5 unspecified atom stereocenters. The number of hydrogen-bond acceptors (Lipinski definition) is 9. The lowest BCUT2D eigenvalue weighted by molar-refractivity contribution is -0.145. The number of carboxylic acid groups (broad SMARTS) is 2. The van der Waals surface area contributed by atoms with Gasteiger partial charge in [-0.25, -0.2) is 4.79 Å². The van der Waals surface area contributed by atoms with E-state index >= 15 is 0 Å². The quantitative estimate of drug-likeness (QED) is 0.112. The van der Waals surface area contributed by atoms with Crippen molar-refractivity contribution in [2.75, 3.05) is 5.75 Å². The van der Waals surface area contributed by atoms with Crippen molar-refractivity contribution in [2.45, 2.75) is 56.5 Å². The van der Waals surface area contributed by atoms with Crippen LogP contribution in [0.3, 0.4) is 0 Å². The van der Waals surface area contributed by atoms with Crippen molar-refractivity contribution < 1.29 is 44.1 Å². The Morgan fingerprint density at radius 2 is 1.45 bits per heavy atom. The maximum atomic E-state index is 12.5. The van der Waals surface area contributed by atoms with Gasteiger partial charge in [0, 0.05) is 12.2 Å². The molecular weight excluding hydrogens is 438 g/mol. The molecule has 0 saturated carbocycles. The number of primary amides is 1. The van der Waals surface area contributed by atoms with E-state index in [2.05, 4.69) is 23.3 Å². The van der Waals surface area contributed by atoms with Crippen LogP contribution in [0.25, 0.3) is 0 Å². The number of carbonyl (C=O) groups excluding carboxylic acids is 4. The van der Waals surface area contributed by atoms with Crippen molar-refractivity contribution in [2.24, 2.45) is 11.5 Å². The van der Waals surface area contributed by atoms with Crippen molar-refractivity contribution in [3.05, 3.63) is 0 Å². The van der Waals surface area contributed by atoms with Crippen LogP contribution in [0.4, 0.5) is 0 Å². The normalized spacial score (nSPS) is 15.5. The lowest BCUT2D eigenvalue weighted by Gasteiger charge is -2.24. The number of hydrogen-bond donors (Lipinski definition) is 9. The second kappa shape index (κ2) is 13.4. The van der Waals surface area contributed by atoms with E-state index in [4.69, 9.17) is 21.7 Å². The first-order valence-corrected chi connectivity index (χ1v) is 9.61. The minimum atomic E-state index is -1.65. The van der Waals surface area contributed by atoms with Gasteiger partial charge in [-0.2, -0.15) is 12.6 Å². The van der Waals surface area contributed by atoms with E-state index in [1.165, 1.54) is 0 Å². The SMILES string of the molecule is CC(O)C(NC(=O)C(CS)NC(=O)C(CC(N)=O)NC(=O)C(N)CCC(=O)O)C(=O)O. The number of nitrogens with one attached hydrogen (secondary N) is 3. The third-order valence-electron chi connectivity index (χ3n) is 3.91. The Kier molecular flexibility index (Phi) is 12.1. The van der Waals surface area contributed by atoms with Gasteiger partial charge in [0.05, 0.1) is 18.6 Å². The van der Waals surface area contributed by atoms with Crippen LogP contribution in [0.15, 0.2) is 0 Å². The fraction of sp³-hybridized carbons (Fsp3) is 0.625. The molecule has 31 heavy (non-hydrogen) atoms. The number of amides is 4. The molecule has 176 valence electrons. The Bertz CT molecular complexity index is 703. The Labute approximate surface area is 182 Å². The van der Waals surface area contributed by atoms with Crippen molar-refractivity contribution >= 4 is 48.2 Å². The monoisotopic (exact) mass is 465 g/mol. The Hall–Kier alpha value is -2.91. The van der Waals surface area contributed by atoms with Crippen molar-refractivity contribution in [1.29, 1.82) is 0 Å². The van der Waals surface area contributed by atoms with Gasteiger partial charge < -0.3 is 42.7 Å². The van der Waals surface area contributed by atoms with Gasteiger partial charge in [-0.3, -0.25) is 24.0 Å². The van der Waals surface area contributed by atoms with Gasteiger partial charge in [-0.1, -0.05) is 0 Å². The number of aliphatic hydroxyl groups is 1. The highest BCUT2D eigenvalue weighted by atomic mass is 32.1. The zero-order valence-electron chi connectivity index (χ0n) is 16.6. The molecule has 0 aliphatic heterocycles. The minimum Gasteiger partial charge on any atom is -0.481 e. The Morgan fingerprint density at radius 1 is 0.935 bits per heavy atom. The van der Waals surface area contributed by atoms with E-state index in [1.807, 2.05) is 5.32 Å². The molecule has 0 rings (SSSR count). The molecule has 4 amide bonds. The lowest BCUT2D eigenvalue weighted by atomic mass is 10.1. The standard InChI is InChI=1S/C16H27N5O9S/c1-6(22)12(16(29)30)21-15(28)9(5-31)20-14(27)8(4-10(18)23)19-13(26)7(17)2-3-11(24)25/h6-9,12,22,31H,2-5,17H2,1H3,(H2,18,23)(H,19,26)(H,20,27)(H,21,28)(H,24,25)(H,29,30). The molecule has 5 atom stereocenters. The summed E-state index contributed by atoms with van der Waals surface area (Å²) < 4.78 is 0. The maximum absolute atomic E-state index is 12.5. The number of carboxylic acids is 2. The summed E-state index contributed by atoms with van der Waals surface area (Å²) >= 11 is 3.90. The summed E-state index contributed by atoms with van der Waals surface area (Å²) in [5.41, 5.74) is 10.6. The van der Waals surface area contributed by atoms with Gasteiger partial charge in [-0.15, -0.1) is 0 Å². The highest BCUT2D eigenvalue weighted by molar-refractivity contribution is 7.80. The molecule has 0 heterocycles. The van der Waals surface area contributed by atoms with Crippen molar-refractivity contribution in [1.82, 2.24) is 16.0 Å². The molecule has 0 aromatic rings. The number of carbonyl (C=O) groups is 6. The second-order valence-electron chi connectivity index (χ2n) is 6.58. The zero-order chi connectivity index (χ0) is 24.3. The first kappa shape index (κ1) is 28.1. The van der Waals surface area contributed by atoms with Crippen LogP contribution in [0.5, 0.6) is 0 Å². The molecular formula is C16H27N5O9S. The third-order valence-corrected chi connectivity index (χ3v) is 4.27. The van der Waals surface area contributed by atoms with E-state index in [0.717, 1.165) is 6.92 Å². The van der Waals surface area contributed by atoms with Crippen molar-refractivity contribution in [3.63, 3.8) is 0 Å². The van der Waals surface area contributed by atoms with Crippen LogP contribution in [-0.4, -0.2) is 86.9 Å². The summed E-state index contributed by atoms with van der Waals surface area (Å²) in [4.78, 5) is 69.7. The highest BCUT2D eigenvalue weighted by Crippen LogP contribution is 2.01. The Morgan fingerprint density at radius 3 is 1.87 bits per heavy atom. The van der Waals surface area contributed by atoms with Crippen LogP contribution in [-0.2, 0) is 28.8 Å². The van der Waals surface area contributed by atoms with Crippen LogP contribution in [0.2, 0.25) is 0 Å². The average Bonchev–Trinajstić information content (AvgIpc) is 2.66. The van der Waals surface area contributed by atoms with Crippen LogP contribution in [0, 0.1) is 0 Å².